The van der Waals surface area contributed by atoms with Gasteiger partial charge in [0.05, 0.1) is 29.0 Å². The monoisotopic (exact) mass is 316 g/mol. The van der Waals surface area contributed by atoms with Crippen molar-refractivity contribution in [2.75, 3.05) is 5.32 Å². The van der Waals surface area contributed by atoms with Gasteiger partial charge in [-0.1, -0.05) is 23.2 Å². The van der Waals surface area contributed by atoms with E-state index in [1.165, 1.54) is 23.1 Å². The van der Waals surface area contributed by atoms with Gasteiger partial charge >= 0.3 is 0 Å². The van der Waals surface area contributed by atoms with Gasteiger partial charge in [-0.15, -0.1) is 11.3 Å². The standard InChI is InChI=1S/C10H6Cl2N4S2/c11-6-1-2-7-9(16-18-15-7)8(6)13-3-5-4-14-10(12)17-5/h1-2,4,13H,3H2. The summed E-state index contributed by atoms with van der Waals surface area (Å²) in [4.78, 5) is 5.03. The van der Waals surface area contributed by atoms with Crippen molar-refractivity contribution < 1.29 is 0 Å². The second-order valence-electron chi connectivity index (χ2n) is 3.49. The summed E-state index contributed by atoms with van der Waals surface area (Å²) in [6.45, 7) is 0.612. The molecule has 1 aromatic carbocycles. The third kappa shape index (κ3) is 2.29. The van der Waals surface area contributed by atoms with Crippen LogP contribution in [0, 0.1) is 0 Å². The topological polar surface area (TPSA) is 50.7 Å². The van der Waals surface area contributed by atoms with Crippen LogP contribution in [-0.2, 0) is 6.54 Å². The molecule has 0 saturated heterocycles. The zero-order chi connectivity index (χ0) is 12.5. The van der Waals surface area contributed by atoms with Gasteiger partial charge in [-0.3, -0.25) is 0 Å². The molecule has 3 rings (SSSR count). The third-order valence-electron chi connectivity index (χ3n) is 2.34. The Morgan fingerprint density at radius 1 is 1.22 bits per heavy atom. The number of aromatic nitrogens is 3. The molecule has 0 bridgehead atoms. The van der Waals surface area contributed by atoms with E-state index in [-0.39, 0.29) is 0 Å². The zero-order valence-corrected chi connectivity index (χ0v) is 12.0. The predicted molar refractivity (Wildman–Crippen MR) is 76.9 cm³/mol. The summed E-state index contributed by atoms with van der Waals surface area (Å²) in [6.07, 6.45) is 1.74. The van der Waals surface area contributed by atoms with Crippen LogP contribution >= 0.6 is 46.3 Å². The van der Waals surface area contributed by atoms with E-state index in [1.54, 1.807) is 6.20 Å². The maximum atomic E-state index is 6.17. The van der Waals surface area contributed by atoms with Gasteiger partial charge in [-0.2, -0.15) is 8.75 Å². The fourth-order valence-corrected chi connectivity index (χ4v) is 3.22. The lowest BCUT2D eigenvalue weighted by Crippen LogP contribution is -1.99. The molecular formula is C10H6Cl2N4S2. The molecule has 1 N–H and O–H groups in total. The summed E-state index contributed by atoms with van der Waals surface area (Å²) in [7, 11) is 0. The Morgan fingerprint density at radius 2 is 2.11 bits per heavy atom. The van der Waals surface area contributed by atoms with E-state index < -0.39 is 0 Å². The zero-order valence-electron chi connectivity index (χ0n) is 8.85. The van der Waals surface area contributed by atoms with Gasteiger partial charge < -0.3 is 5.32 Å². The number of anilines is 1. The Labute approximate surface area is 121 Å². The first kappa shape index (κ1) is 12.1. The molecule has 0 aliphatic carbocycles. The van der Waals surface area contributed by atoms with Gasteiger partial charge in [0.1, 0.15) is 11.0 Å². The van der Waals surface area contributed by atoms with E-state index in [2.05, 4.69) is 19.0 Å². The van der Waals surface area contributed by atoms with Gasteiger partial charge in [0, 0.05) is 11.1 Å². The molecule has 0 amide bonds. The van der Waals surface area contributed by atoms with Gasteiger partial charge in [0.25, 0.3) is 0 Å². The first-order chi connectivity index (χ1) is 8.74. The van der Waals surface area contributed by atoms with Gasteiger partial charge in [-0.05, 0) is 12.1 Å². The van der Waals surface area contributed by atoms with Crippen LogP contribution in [0.25, 0.3) is 11.0 Å². The lowest BCUT2D eigenvalue weighted by atomic mass is 10.2. The summed E-state index contributed by atoms with van der Waals surface area (Å²) >= 11 is 14.6. The van der Waals surface area contributed by atoms with Gasteiger partial charge in [-0.25, -0.2) is 4.98 Å². The van der Waals surface area contributed by atoms with E-state index in [0.29, 0.717) is 16.0 Å². The van der Waals surface area contributed by atoms with Crippen molar-refractivity contribution in [3.05, 3.63) is 32.7 Å². The highest BCUT2D eigenvalue weighted by atomic mass is 35.5. The number of hydrogen-bond donors (Lipinski definition) is 1. The van der Waals surface area contributed by atoms with Crippen molar-refractivity contribution in [1.82, 2.24) is 13.7 Å². The van der Waals surface area contributed by atoms with E-state index in [9.17, 15) is 0 Å². The SMILES string of the molecule is Clc1ncc(CNc2c(Cl)ccc3nsnc23)s1. The molecule has 92 valence electrons. The van der Waals surface area contributed by atoms with Crippen molar-refractivity contribution >= 4 is 63.0 Å². The van der Waals surface area contributed by atoms with E-state index >= 15 is 0 Å². The molecule has 2 aromatic heterocycles. The summed E-state index contributed by atoms with van der Waals surface area (Å²) in [5.74, 6) is 0. The molecule has 8 heteroatoms. The lowest BCUT2D eigenvalue weighted by molar-refractivity contribution is 1.18. The minimum Gasteiger partial charge on any atom is -0.377 e. The maximum Gasteiger partial charge on any atom is 0.183 e. The normalized spacial score (nSPS) is 11.0. The summed E-state index contributed by atoms with van der Waals surface area (Å²) in [5.41, 5.74) is 2.43. The number of nitrogens with zero attached hydrogens (tertiary/aromatic N) is 3. The second kappa shape index (κ2) is 4.97. The van der Waals surface area contributed by atoms with Crippen LogP contribution in [0.3, 0.4) is 0 Å². The number of halogens is 2. The van der Waals surface area contributed by atoms with Crippen LogP contribution in [0.1, 0.15) is 4.88 Å². The molecule has 0 radical (unpaired) electrons. The van der Waals surface area contributed by atoms with Crippen LogP contribution in [0.5, 0.6) is 0 Å². The smallest absolute Gasteiger partial charge is 0.183 e. The van der Waals surface area contributed by atoms with E-state index in [4.69, 9.17) is 23.2 Å². The highest BCUT2D eigenvalue weighted by molar-refractivity contribution is 7.15. The molecule has 0 spiro atoms. The molecule has 0 atom stereocenters. The second-order valence-corrected chi connectivity index (χ2v) is 6.12. The molecule has 0 aliphatic heterocycles. The number of benzene rings is 1. The highest BCUT2D eigenvalue weighted by Gasteiger charge is 2.10. The lowest BCUT2D eigenvalue weighted by Gasteiger charge is -2.06. The first-order valence-corrected chi connectivity index (χ1v) is 7.29. The van der Waals surface area contributed by atoms with Crippen molar-refractivity contribution in [1.29, 1.82) is 0 Å². The Bertz CT molecular complexity index is 694. The summed E-state index contributed by atoms with van der Waals surface area (Å²) in [5, 5.41) is 3.89. The Morgan fingerprint density at radius 3 is 2.89 bits per heavy atom. The number of nitrogens with one attached hydrogen (secondary N) is 1. The van der Waals surface area contributed by atoms with Gasteiger partial charge in [0.2, 0.25) is 0 Å². The number of thiazole rings is 1. The number of hydrogen-bond acceptors (Lipinski definition) is 6. The molecule has 0 aliphatic rings. The fourth-order valence-electron chi connectivity index (χ4n) is 1.54. The van der Waals surface area contributed by atoms with Crippen LogP contribution in [0.2, 0.25) is 9.49 Å². The third-order valence-corrected chi connectivity index (χ3v) is 4.31. The van der Waals surface area contributed by atoms with Gasteiger partial charge in [0.15, 0.2) is 4.47 Å². The van der Waals surface area contributed by atoms with Crippen molar-refractivity contribution in [3.63, 3.8) is 0 Å². The maximum absolute atomic E-state index is 6.17. The quantitative estimate of drug-likeness (QED) is 0.791. The van der Waals surface area contributed by atoms with Crippen LogP contribution in [-0.4, -0.2) is 13.7 Å². The minimum atomic E-state index is 0.534. The first-order valence-electron chi connectivity index (χ1n) is 4.99. The number of rotatable bonds is 3. The molecule has 0 saturated carbocycles. The predicted octanol–water partition coefficient (Wildman–Crippen LogP) is 4.07. The number of fused-ring (bicyclic) bond motifs is 1. The van der Waals surface area contributed by atoms with Crippen molar-refractivity contribution in [2.45, 2.75) is 6.54 Å². The molecule has 18 heavy (non-hydrogen) atoms. The molecule has 0 unspecified atom stereocenters. The summed E-state index contributed by atoms with van der Waals surface area (Å²) < 4.78 is 8.96. The summed E-state index contributed by atoms with van der Waals surface area (Å²) in [6, 6.07) is 3.67. The molecule has 2 heterocycles. The van der Waals surface area contributed by atoms with Crippen LogP contribution in [0.15, 0.2) is 18.3 Å². The molecular weight excluding hydrogens is 311 g/mol. The van der Waals surface area contributed by atoms with E-state index in [1.807, 2.05) is 12.1 Å². The average molecular weight is 317 g/mol. The fraction of sp³-hybridized carbons (Fsp3) is 0.100. The van der Waals surface area contributed by atoms with E-state index in [0.717, 1.165) is 21.6 Å². The van der Waals surface area contributed by atoms with Crippen LogP contribution < -0.4 is 5.32 Å². The Balaban J connectivity index is 1.89. The molecule has 0 fully saturated rings. The Hall–Kier alpha value is -0.950. The molecule has 3 aromatic rings. The minimum absolute atomic E-state index is 0.534. The highest BCUT2D eigenvalue weighted by Crippen LogP contribution is 2.30. The average Bonchev–Trinajstić information content (AvgIpc) is 2.96. The van der Waals surface area contributed by atoms with Crippen molar-refractivity contribution in [2.24, 2.45) is 0 Å². The van der Waals surface area contributed by atoms with Crippen LogP contribution in [0.4, 0.5) is 5.69 Å². The largest absolute Gasteiger partial charge is 0.377 e. The Kier molecular flexibility index (Phi) is 3.34. The van der Waals surface area contributed by atoms with Crippen molar-refractivity contribution in [3.8, 4) is 0 Å². The molecule has 4 nitrogen and oxygen atoms in total.